The maximum Gasteiger partial charge on any atom is 0.257 e. The molecule has 1 aromatic heterocycles. The molecule has 0 saturated carbocycles. The molecule has 0 fully saturated rings. The molecule has 0 aliphatic carbocycles. The van der Waals surface area contributed by atoms with Gasteiger partial charge < -0.3 is 14.4 Å². The van der Waals surface area contributed by atoms with E-state index in [4.69, 9.17) is 8.94 Å². The Kier molecular flexibility index (Phi) is 5.71. The average molecular weight is 356 g/mol. The molecule has 2 N–H and O–H groups in total. The van der Waals surface area contributed by atoms with Gasteiger partial charge in [0.25, 0.3) is 7.37 Å². The highest BCUT2D eigenvalue weighted by Crippen LogP contribution is 2.57. The van der Waals surface area contributed by atoms with Crippen molar-refractivity contribution < 1.29 is 13.5 Å². The van der Waals surface area contributed by atoms with E-state index in [2.05, 4.69) is 10.9 Å². The van der Waals surface area contributed by atoms with E-state index in [1.165, 1.54) is 0 Å². The van der Waals surface area contributed by atoms with E-state index in [0.29, 0.717) is 17.7 Å². The van der Waals surface area contributed by atoms with Gasteiger partial charge in [0.1, 0.15) is 5.76 Å². The lowest BCUT2D eigenvalue weighted by Gasteiger charge is -2.27. The fourth-order valence-corrected chi connectivity index (χ4v) is 4.85. The van der Waals surface area contributed by atoms with E-state index >= 15 is 0 Å². The molecule has 0 spiro atoms. The Balaban J connectivity index is 1.95. The molecular weight excluding hydrogens is 335 g/mol. The number of anilines is 1. The Morgan fingerprint density at radius 1 is 1.00 bits per heavy atom. The lowest BCUT2D eigenvalue weighted by atomic mass is 10.3. The fraction of sp³-hybridized carbons (Fsp3) is 0.158. The minimum Gasteiger partial charge on any atom is -0.467 e. The molecule has 1 heterocycles. The van der Waals surface area contributed by atoms with Crippen LogP contribution in [0, 0.1) is 0 Å². The number of para-hydroxylation sites is 1. The third kappa shape index (κ3) is 4.02. The molecule has 130 valence electrons. The molecule has 0 amide bonds. The van der Waals surface area contributed by atoms with Gasteiger partial charge in [0.2, 0.25) is 0 Å². The number of benzene rings is 2. The van der Waals surface area contributed by atoms with Gasteiger partial charge in [-0.05, 0) is 43.3 Å². The number of hydrogen-bond acceptors (Lipinski definition) is 5. The number of hydrogen-bond donors (Lipinski definition) is 2. The Bertz CT molecular complexity index is 807. The summed E-state index contributed by atoms with van der Waals surface area (Å²) in [5, 5.41) is 0.639. The van der Waals surface area contributed by atoms with Gasteiger partial charge in [0.15, 0.2) is 5.78 Å². The van der Waals surface area contributed by atoms with Gasteiger partial charge in [-0.2, -0.15) is 0 Å². The predicted octanol–water partition coefficient (Wildman–Crippen LogP) is 4.54. The van der Waals surface area contributed by atoms with Crippen molar-refractivity contribution >= 4 is 18.4 Å². The first-order valence-corrected chi connectivity index (χ1v) is 9.83. The van der Waals surface area contributed by atoms with Crippen LogP contribution in [0.25, 0.3) is 0 Å². The molecule has 3 rings (SSSR count). The second kappa shape index (κ2) is 8.17. The Hall–Kier alpha value is -2.33. The van der Waals surface area contributed by atoms with Crippen molar-refractivity contribution in [1.82, 2.24) is 5.43 Å². The third-order valence-corrected chi connectivity index (χ3v) is 6.44. The first-order chi connectivity index (χ1) is 12.2. The van der Waals surface area contributed by atoms with Gasteiger partial charge in [-0.3, -0.25) is 4.57 Å². The largest absolute Gasteiger partial charge is 0.467 e. The van der Waals surface area contributed by atoms with Gasteiger partial charge in [0.05, 0.1) is 12.9 Å². The van der Waals surface area contributed by atoms with Crippen LogP contribution < -0.4 is 16.2 Å². The number of furan rings is 1. The SMILES string of the molecule is CCOP(=O)(c1ccccc1)C(NNc1ccccc1)c1ccco1. The summed E-state index contributed by atoms with van der Waals surface area (Å²) in [5.74, 6) is -0.117. The summed E-state index contributed by atoms with van der Waals surface area (Å²) in [6.07, 6.45) is 1.56. The molecule has 0 bridgehead atoms. The molecule has 2 aromatic carbocycles. The van der Waals surface area contributed by atoms with E-state index in [0.717, 1.165) is 5.69 Å². The van der Waals surface area contributed by atoms with Gasteiger partial charge in [-0.1, -0.05) is 36.4 Å². The van der Waals surface area contributed by atoms with E-state index < -0.39 is 13.2 Å². The topological polar surface area (TPSA) is 63.5 Å². The van der Waals surface area contributed by atoms with Crippen molar-refractivity contribution in [2.24, 2.45) is 0 Å². The lowest BCUT2D eigenvalue weighted by Crippen LogP contribution is -2.30. The molecule has 0 aliphatic rings. The maximum absolute atomic E-state index is 13.8. The Morgan fingerprint density at radius 2 is 1.68 bits per heavy atom. The van der Waals surface area contributed by atoms with Gasteiger partial charge in [0, 0.05) is 11.0 Å². The van der Waals surface area contributed by atoms with E-state index in [1.54, 1.807) is 18.4 Å². The average Bonchev–Trinajstić information content (AvgIpc) is 3.18. The van der Waals surface area contributed by atoms with Crippen LogP contribution in [0.2, 0.25) is 0 Å². The monoisotopic (exact) mass is 356 g/mol. The highest BCUT2D eigenvalue weighted by Gasteiger charge is 2.39. The minimum atomic E-state index is -3.27. The molecule has 0 radical (unpaired) electrons. The highest BCUT2D eigenvalue weighted by atomic mass is 31.2. The van der Waals surface area contributed by atoms with Crippen molar-refractivity contribution in [3.05, 3.63) is 84.8 Å². The van der Waals surface area contributed by atoms with Crippen LogP contribution in [0.3, 0.4) is 0 Å². The zero-order valence-corrected chi connectivity index (χ0v) is 14.9. The molecule has 0 saturated heterocycles. The zero-order valence-electron chi connectivity index (χ0n) is 14.0. The predicted molar refractivity (Wildman–Crippen MR) is 100.0 cm³/mol. The minimum absolute atomic E-state index is 0.330. The molecule has 2 unspecified atom stereocenters. The first kappa shape index (κ1) is 17.5. The molecular formula is C19H21N2O3P. The summed E-state index contributed by atoms with van der Waals surface area (Å²) < 4.78 is 25.2. The van der Waals surface area contributed by atoms with Crippen molar-refractivity contribution in [3.63, 3.8) is 0 Å². The van der Waals surface area contributed by atoms with Crippen LogP contribution in [0.4, 0.5) is 5.69 Å². The number of rotatable bonds is 8. The van der Waals surface area contributed by atoms with Crippen molar-refractivity contribution in [2.75, 3.05) is 12.0 Å². The van der Waals surface area contributed by atoms with E-state index in [9.17, 15) is 4.57 Å². The van der Waals surface area contributed by atoms with Gasteiger partial charge in [-0.25, -0.2) is 5.43 Å². The van der Waals surface area contributed by atoms with E-state index in [1.807, 2.05) is 67.6 Å². The zero-order chi connectivity index (χ0) is 17.5. The summed E-state index contributed by atoms with van der Waals surface area (Å²) in [4.78, 5) is 0. The molecule has 2 atom stereocenters. The molecule has 25 heavy (non-hydrogen) atoms. The standard InChI is InChI=1S/C19H21N2O3P/c1-2-24-25(22,17-12-7-4-8-13-17)19(18-14-9-15-23-18)21-20-16-10-5-3-6-11-16/h3-15,19-21H,2H2,1H3. The van der Waals surface area contributed by atoms with E-state index in [-0.39, 0.29) is 0 Å². The normalized spacial score (nSPS) is 14.6. The summed E-state index contributed by atoms with van der Waals surface area (Å²) in [7, 11) is -3.27. The van der Waals surface area contributed by atoms with Crippen molar-refractivity contribution in [1.29, 1.82) is 0 Å². The van der Waals surface area contributed by atoms with Crippen LogP contribution in [-0.4, -0.2) is 6.61 Å². The number of hydrazine groups is 1. The highest BCUT2D eigenvalue weighted by molar-refractivity contribution is 7.67. The summed E-state index contributed by atoms with van der Waals surface area (Å²) >= 11 is 0. The van der Waals surface area contributed by atoms with Crippen molar-refractivity contribution in [2.45, 2.75) is 12.7 Å². The van der Waals surface area contributed by atoms with Crippen LogP contribution >= 0.6 is 7.37 Å². The van der Waals surface area contributed by atoms with Crippen LogP contribution in [-0.2, 0) is 9.09 Å². The number of nitrogens with one attached hydrogen (secondary N) is 2. The molecule has 5 nitrogen and oxygen atoms in total. The molecule has 0 aliphatic heterocycles. The second-order valence-electron chi connectivity index (χ2n) is 5.40. The van der Waals surface area contributed by atoms with Gasteiger partial charge >= 0.3 is 0 Å². The quantitative estimate of drug-likeness (QED) is 0.458. The summed E-state index contributed by atoms with van der Waals surface area (Å²) in [6, 6.07) is 22.4. The van der Waals surface area contributed by atoms with Crippen molar-refractivity contribution in [3.8, 4) is 0 Å². The van der Waals surface area contributed by atoms with Gasteiger partial charge in [-0.15, -0.1) is 0 Å². The molecule has 6 heteroatoms. The lowest BCUT2D eigenvalue weighted by molar-refractivity contribution is 0.323. The Labute approximate surface area is 147 Å². The van der Waals surface area contributed by atoms with Crippen LogP contribution in [0.1, 0.15) is 18.5 Å². The first-order valence-electron chi connectivity index (χ1n) is 8.14. The third-order valence-electron chi connectivity index (χ3n) is 3.72. The van der Waals surface area contributed by atoms with Crippen LogP contribution in [0.15, 0.2) is 83.5 Å². The van der Waals surface area contributed by atoms with Crippen LogP contribution in [0.5, 0.6) is 0 Å². The summed E-state index contributed by atoms with van der Waals surface area (Å²) in [6.45, 7) is 2.16. The Morgan fingerprint density at radius 3 is 2.28 bits per heavy atom. The smallest absolute Gasteiger partial charge is 0.257 e. The second-order valence-corrected chi connectivity index (χ2v) is 7.89. The summed E-state index contributed by atoms with van der Waals surface area (Å²) in [5.41, 5.74) is 7.09. The fourth-order valence-electron chi connectivity index (χ4n) is 2.57. The molecule has 3 aromatic rings. The maximum atomic E-state index is 13.8.